The van der Waals surface area contributed by atoms with Gasteiger partial charge in [-0.15, -0.1) is 0 Å². The third-order valence-corrected chi connectivity index (χ3v) is 6.84. The minimum Gasteiger partial charge on any atom is -0.332 e. The maximum absolute atomic E-state index is 12.4. The van der Waals surface area contributed by atoms with Gasteiger partial charge in [0.1, 0.15) is 0 Å². The number of thioether (sulfide) groups is 1. The summed E-state index contributed by atoms with van der Waals surface area (Å²) < 4.78 is 0. The number of hydrogen-bond acceptors (Lipinski definition) is 5. The lowest BCUT2D eigenvalue weighted by atomic mass is 9.53. The molecule has 0 radical (unpaired) electrons. The number of hydrogen-bond donors (Lipinski definition) is 2. The van der Waals surface area contributed by atoms with Crippen molar-refractivity contribution in [1.82, 2.24) is 20.6 Å². The molecule has 1 unspecified atom stereocenters. The summed E-state index contributed by atoms with van der Waals surface area (Å²) in [4.78, 5) is 32.9. The number of amides is 3. The standard InChI is InChI=1S/C18H24N4O2S/c1-11(25-17-19-3-2-4-20-17)15(23)21-16(24)22-18-8-12-5-13(9-18)7-14(6-12)10-18/h2-4,11-14H,5-10H2,1H3,(H2,21,22,23,24). The minimum absolute atomic E-state index is 0.0853. The molecule has 0 aromatic carbocycles. The second-order valence-electron chi connectivity index (χ2n) is 7.93. The van der Waals surface area contributed by atoms with Gasteiger partial charge in [-0.25, -0.2) is 14.8 Å². The molecule has 1 atom stereocenters. The van der Waals surface area contributed by atoms with Crippen molar-refractivity contribution in [2.75, 3.05) is 0 Å². The molecule has 0 spiro atoms. The van der Waals surface area contributed by atoms with Gasteiger partial charge >= 0.3 is 6.03 Å². The fourth-order valence-electron chi connectivity index (χ4n) is 5.31. The maximum Gasteiger partial charge on any atom is 0.321 e. The van der Waals surface area contributed by atoms with Crippen LogP contribution in [0, 0.1) is 17.8 Å². The van der Waals surface area contributed by atoms with Gasteiger partial charge in [0.25, 0.3) is 0 Å². The molecule has 25 heavy (non-hydrogen) atoms. The zero-order chi connectivity index (χ0) is 17.4. The van der Waals surface area contributed by atoms with Crippen LogP contribution in [0.15, 0.2) is 23.6 Å². The molecule has 3 amide bonds. The van der Waals surface area contributed by atoms with Gasteiger partial charge in [0.05, 0.1) is 5.25 Å². The molecule has 4 aliphatic carbocycles. The lowest BCUT2D eigenvalue weighted by Gasteiger charge is -2.56. The fourth-order valence-corrected chi connectivity index (χ4v) is 6.03. The Hall–Kier alpha value is -1.63. The predicted molar refractivity (Wildman–Crippen MR) is 94.9 cm³/mol. The highest BCUT2D eigenvalue weighted by molar-refractivity contribution is 8.00. The molecule has 4 saturated carbocycles. The molecule has 4 bridgehead atoms. The van der Waals surface area contributed by atoms with Crippen molar-refractivity contribution in [2.45, 2.75) is 61.4 Å². The van der Waals surface area contributed by atoms with Crippen molar-refractivity contribution < 1.29 is 9.59 Å². The Balaban J connectivity index is 1.32. The SMILES string of the molecule is CC(Sc1ncccn1)C(=O)NC(=O)NC12CC3CC(CC(C3)C1)C2. The van der Waals surface area contributed by atoms with E-state index in [0.717, 1.165) is 37.0 Å². The Morgan fingerprint density at radius 3 is 2.24 bits per heavy atom. The number of nitrogens with zero attached hydrogens (tertiary/aromatic N) is 2. The topological polar surface area (TPSA) is 84.0 Å². The van der Waals surface area contributed by atoms with Crippen LogP contribution in [0.1, 0.15) is 45.4 Å². The molecular formula is C18H24N4O2S. The average molecular weight is 360 g/mol. The van der Waals surface area contributed by atoms with Crippen LogP contribution < -0.4 is 10.6 Å². The Morgan fingerprint density at radius 2 is 1.68 bits per heavy atom. The Morgan fingerprint density at radius 1 is 1.12 bits per heavy atom. The van der Waals surface area contributed by atoms with Gasteiger partial charge in [-0.2, -0.15) is 0 Å². The van der Waals surface area contributed by atoms with Crippen LogP contribution in [-0.4, -0.2) is 32.7 Å². The molecule has 134 valence electrons. The van der Waals surface area contributed by atoms with Crippen molar-refractivity contribution >= 4 is 23.7 Å². The Kier molecular flexibility index (Phi) is 4.43. The molecule has 6 nitrogen and oxygen atoms in total. The molecule has 4 fully saturated rings. The van der Waals surface area contributed by atoms with E-state index in [4.69, 9.17) is 0 Å². The summed E-state index contributed by atoms with van der Waals surface area (Å²) in [5.74, 6) is 1.96. The first-order valence-corrected chi connectivity index (χ1v) is 9.96. The van der Waals surface area contributed by atoms with E-state index >= 15 is 0 Å². The van der Waals surface area contributed by atoms with Crippen LogP contribution in [0.25, 0.3) is 0 Å². The van der Waals surface area contributed by atoms with Crippen LogP contribution in [0.4, 0.5) is 4.79 Å². The number of urea groups is 1. The smallest absolute Gasteiger partial charge is 0.321 e. The largest absolute Gasteiger partial charge is 0.332 e. The third-order valence-electron chi connectivity index (χ3n) is 5.85. The number of carbonyl (C=O) groups is 2. The molecule has 0 aliphatic heterocycles. The summed E-state index contributed by atoms with van der Waals surface area (Å²) in [5.41, 5.74) is -0.0853. The number of nitrogens with one attached hydrogen (secondary N) is 2. The fraction of sp³-hybridized carbons (Fsp3) is 0.667. The number of imide groups is 1. The molecule has 0 saturated heterocycles. The number of carbonyl (C=O) groups excluding carboxylic acids is 2. The lowest BCUT2D eigenvalue weighted by Crippen LogP contribution is -2.62. The Bertz CT molecular complexity index is 631. The minimum atomic E-state index is -0.426. The highest BCUT2D eigenvalue weighted by atomic mass is 32.2. The zero-order valence-electron chi connectivity index (χ0n) is 14.4. The number of aromatic nitrogens is 2. The van der Waals surface area contributed by atoms with Crippen molar-refractivity contribution in [2.24, 2.45) is 17.8 Å². The quantitative estimate of drug-likeness (QED) is 0.637. The summed E-state index contributed by atoms with van der Waals surface area (Å²) >= 11 is 1.25. The summed E-state index contributed by atoms with van der Waals surface area (Å²) in [6, 6.07) is 1.38. The molecule has 1 aromatic heterocycles. The van der Waals surface area contributed by atoms with E-state index < -0.39 is 5.25 Å². The van der Waals surface area contributed by atoms with Crippen LogP contribution in [0.3, 0.4) is 0 Å². The van der Waals surface area contributed by atoms with E-state index in [1.807, 2.05) is 0 Å². The van der Waals surface area contributed by atoms with Crippen LogP contribution in [0.2, 0.25) is 0 Å². The average Bonchev–Trinajstić information content (AvgIpc) is 2.53. The molecule has 4 aliphatic rings. The van der Waals surface area contributed by atoms with Crippen LogP contribution in [-0.2, 0) is 4.79 Å². The van der Waals surface area contributed by atoms with Crippen molar-refractivity contribution in [3.8, 4) is 0 Å². The van der Waals surface area contributed by atoms with E-state index in [2.05, 4.69) is 20.6 Å². The first-order chi connectivity index (χ1) is 12.0. The summed E-state index contributed by atoms with van der Waals surface area (Å²) in [6.07, 6.45) is 10.5. The van der Waals surface area contributed by atoms with E-state index in [1.165, 1.54) is 31.0 Å². The zero-order valence-corrected chi connectivity index (χ0v) is 15.2. The molecular weight excluding hydrogens is 336 g/mol. The van der Waals surface area contributed by atoms with E-state index in [0.29, 0.717) is 5.16 Å². The van der Waals surface area contributed by atoms with Gasteiger partial charge < -0.3 is 5.32 Å². The molecule has 5 rings (SSSR count). The normalized spacial score (nSPS) is 33.7. The lowest BCUT2D eigenvalue weighted by molar-refractivity contribution is -0.119. The van der Waals surface area contributed by atoms with Gasteiger partial charge in [0, 0.05) is 17.9 Å². The van der Waals surface area contributed by atoms with Crippen molar-refractivity contribution in [3.05, 3.63) is 18.5 Å². The molecule has 7 heteroatoms. The summed E-state index contributed by atoms with van der Waals surface area (Å²) in [6.45, 7) is 1.76. The van der Waals surface area contributed by atoms with Gasteiger partial charge in [-0.05, 0) is 69.3 Å². The third kappa shape index (κ3) is 3.66. The maximum atomic E-state index is 12.4. The van der Waals surface area contributed by atoms with E-state index in [-0.39, 0.29) is 17.5 Å². The van der Waals surface area contributed by atoms with Crippen LogP contribution >= 0.6 is 11.8 Å². The molecule has 1 aromatic rings. The predicted octanol–water partition coefficient (Wildman–Crippen LogP) is 2.75. The Labute approximate surface area is 152 Å². The molecule has 1 heterocycles. The van der Waals surface area contributed by atoms with Crippen molar-refractivity contribution in [1.29, 1.82) is 0 Å². The monoisotopic (exact) mass is 360 g/mol. The van der Waals surface area contributed by atoms with Gasteiger partial charge in [-0.1, -0.05) is 11.8 Å². The van der Waals surface area contributed by atoms with Gasteiger partial charge in [0.15, 0.2) is 5.16 Å². The van der Waals surface area contributed by atoms with E-state index in [1.54, 1.807) is 25.4 Å². The van der Waals surface area contributed by atoms with Crippen molar-refractivity contribution in [3.63, 3.8) is 0 Å². The van der Waals surface area contributed by atoms with Gasteiger partial charge in [0.2, 0.25) is 5.91 Å². The highest BCUT2D eigenvalue weighted by Crippen LogP contribution is 2.55. The second-order valence-corrected chi connectivity index (χ2v) is 9.24. The number of rotatable bonds is 4. The summed E-state index contributed by atoms with van der Waals surface area (Å²) in [5, 5.41) is 5.78. The second kappa shape index (κ2) is 6.59. The molecule has 2 N–H and O–H groups in total. The van der Waals surface area contributed by atoms with Gasteiger partial charge in [-0.3, -0.25) is 10.1 Å². The van der Waals surface area contributed by atoms with Crippen LogP contribution in [0.5, 0.6) is 0 Å². The first kappa shape index (κ1) is 16.8. The highest BCUT2D eigenvalue weighted by Gasteiger charge is 2.51. The van der Waals surface area contributed by atoms with E-state index in [9.17, 15) is 9.59 Å². The summed E-state index contributed by atoms with van der Waals surface area (Å²) in [7, 11) is 0. The first-order valence-electron chi connectivity index (χ1n) is 9.08.